The minimum absolute atomic E-state index is 0.245. The Morgan fingerprint density at radius 1 is 1.17 bits per heavy atom. The van der Waals surface area contributed by atoms with Gasteiger partial charge in [0.25, 0.3) is 0 Å². The third-order valence-electron chi connectivity index (χ3n) is 2.16. The maximum Gasteiger partial charge on any atom is 0.236 e. The number of nitrogens with zero attached hydrogens (tertiary/aromatic N) is 1. The molecule has 18 heavy (non-hydrogen) atoms. The molecule has 0 aliphatic carbocycles. The predicted molar refractivity (Wildman–Crippen MR) is 67.5 cm³/mol. The molecule has 0 aromatic heterocycles. The van der Waals surface area contributed by atoms with Gasteiger partial charge in [0.2, 0.25) is 11.7 Å². The van der Waals surface area contributed by atoms with Crippen molar-refractivity contribution < 1.29 is 19.0 Å². The second-order valence-electron chi connectivity index (χ2n) is 3.35. The molecule has 6 heteroatoms. The van der Waals surface area contributed by atoms with Crippen LogP contribution in [0.1, 0.15) is 12.5 Å². The number of benzene rings is 1. The predicted octanol–water partition coefficient (Wildman–Crippen LogP) is 1.18. The number of hydrogen-bond acceptors (Lipinski definition) is 5. The van der Waals surface area contributed by atoms with Crippen LogP contribution in [0.4, 0.5) is 0 Å². The maximum atomic E-state index is 10.7. The highest BCUT2D eigenvalue weighted by atomic mass is 16.5. The molecule has 6 nitrogen and oxygen atoms in total. The normalized spacial score (nSPS) is 10.2. The van der Waals surface area contributed by atoms with Crippen molar-refractivity contribution in [2.45, 2.75) is 6.92 Å². The van der Waals surface area contributed by atoms with Crippen molar-refractivity contribution in [3.05, 3.63) is 17.7 Å². The molecule has 0 aliphatic heterocycles. The molecular weight excluding hydrogens is 236 g/mol. The summed E-state index contributed by atoms with van der Waals surface area (Å²) < 4.78 is 15.6. The first kappa shape index (κ1) is 13.8. The first-order valence-electron chi connectivity index (χ1n) is 5.22. The Kier molecular flexibility index (Phi) is 4.98. The smallest absolute Gasteiger partial charge is 0.236 e. The standard InChI is InChI=1S/C12H16N2O4/c1-8(15)14-13-7-9-5-6-10(16-2)12(18-4)11(9)17-3/h5-7H,1-4H3,(H,14,15)/b13-7-. The number of hydrazone groups is 1. The van der Waals surface area contributed by atoms with E-state index in [-0.39, 0.29) is 5.91 Å². The Morgan fingerprint density at radius 3 is 2.33 bits per heavy atom. The van der Waals surface area contributed by atoms with Gasteiger partial charge in [-0.2, -0.15) is 5.10 Å². The number of carbonyl (C=O) groups excluding carboxylic acids is 1. The Bertz CT molecular complexity index is 458. The molecule has 0 saturated heterocycles. The molecule has 0 aliphatic rings. The van der Waals surface area contributed by atoms with Crippen LogP contribution in [-0.2, 0) is 4.79 Å². The van der Waals surface area contributed by atoms with Crippen LogP contribution in [0, 0.1) is 0 Å². The third-order valence-corrected chi connectivity index (χ3v) is 2.16. The summed E-state index contributed by atoms with van der Waals surface area (Å²) in [5, 5.41) is 3.78. The van der Waals surface area contributed by atoms with Gasteiger partial charge in [0.05, 0.1) is 27.5 Å². The number of hydrogen-bond donors (Lipinski definition) is 1. The van der Waals surface area contributed by atoms with Gasteiger partial charge in [-0.15, -0.1) is 0 Å². The van der Waals surface area contributed by atoms with Gasteiger partial charge >= 0.3 is 0 Å². The highest BCUT2D eigenvalue weighted by Crippen LogP contribution is 2.38. The molecular formula is C12H16N2O4. The molecule has 0 fully saturated rings. The van der Waals surface area contributed by atoms with Crippen molar-refractivity contribution in [2.24, 2.45) is 5.10 Å². The van der Waals surface area contributed by atoms with E-state index in [0.717, 1.165) is 0 Å². The first-order chi connectivity index (χ1) is 8.63. The lowest BCUT2D eigenvalue weighted by atomic mass is 10.2. The van der Waals surface area contributed by atoms with Gasteiger partial charge in [0.1, 0.15) is 0 Å². The van der Waals surface area contributed by atoms with E-state index in [0.29, 0.717) is 22.8 Å². The average molecular weight is 252 g/mol. The average Bonchev–Trinajstić information content (AvgIpc) is 2.37. The molecule has 1 N–H and O–H groups in total. The van der Waals surface area contributed by atoms with Gasteiger partial charge in [-0.3, -0.25) is 4.79 Å². The summed E-state index contributed by atoms with van der Waals surface area (Å²) in [7, 11) is 4.59. The van der Waals surface area contributed by atoms with E-state index in [1.165, 1.54) is 27.4 Å². The van der Waals surface area contributed by atoms with E-state index in [1.807, 2.05) is 0 Å². The number of nitrogens with one attached hydrogen (secondary N) is 1. The van der Waals surface area contributed by atoms with Gasteiger partial charge in [-0.05, 0) is 12.1 Å². The van der Waals surface area contributed by atoms with Crippen molar-refractivity contribution in [1.29, 1.82) is 0 Å². The monoisotopic (exact) mass is 252 g/mol. The van der Waals surface area contributed by atoms with E-state index in [1.54, 1.807) is 19.2 Å². The van der Waals surface area contributed by atoms with Crippen LogP contribution in [-0.4, -0.2) is 33.5 Å². The summed E-state index contributed by atoms with van der Waals surface area (Å²) in [5.74, 6) is 1.29. The quantitative estimate of drug-likeness (QED) is 0.631. The Labute approximate surface area is 106 Å². The SMILES string of the molecule is COc1ccc(/C=N\NC(C)=O)c(OC)c1OC. The first-order valence-corrected chi connectivity index (χ1v) is 5.22. The van der Waals surface area contributed by atoms with Crippen LogP contribution in [0.15, 0.2) is 17.2 Å². The number of rotatable bonds is 5. The van der Waals surface area contributed by atoms with E-state index in [9.17, 15) is 4.79 Å². The summed E-state index contributed by atoms with van der Waals surface area (Å²) in [5.41, 5.74) is 2.98. The molecule has 1 aromatic rings. The molecule has 1 aromatic carbocycles. The maximum absolute atomic E-state index is 10.7. The van der Waals surface area contributed by atoms with E-state index in [4.69, 9.17) is 14.2 Å². The zero-order valence-electron chi connectivity index (χ0n) is 10.8. The highest BCUT2D eigenvalue weighted by molar-refractivity contribution is 5.87. The zero-order valence-corrected chi connectivity index (χ0v) is 10.8. The number of amides is 1. The Balaban J connectivity index is 3.12. The van der Waals surface area contributed by atoms with Crippen LogP contribution in [0.5, 0.6) is 17.2 Å². The van der Waals surface area contributed by atoms with Gasteiger partial charge in [0.15, 0.2) is 11.5 Å². The molecule has 0 bridgehead atoms. The van der Waals surface area contributed by atoms with Crippen molar-refractivity contribution in [3.63, 3.8) is 0 Å². The zero-order chi connectivity index (χ0) is 13.5. The van der Waals surface area contributed by atoms with Gasteiger partial charge in [0, 0.05) is 12.5 Å². The van der Waals surface area contributed by atoms with Crippen molar-refractivity contribution >= 4 is 12.1 Å². The number of methoxy groups -OCH3 is 3. The number of carbonyl (C=O) groups is 1. The van der Waals surface area contributed by atoms with Crippen LogP contribution in [0.2, 0.25) is 0 Å². The Morgan fingerprint density at radius 2 is 1.83 bits per heavy atom. The topological polar surface area (TPSA) is 69.2 Å². The van der Waals surface area contributed by atoms with E-state index in [2.05, 4.69) is 10.5 Å². The molecule has 0 radical (unpaired) electrons. The fraction of sp³-hybridized carbons (Fsp3) is 0.333. The van der Waals surface area contributed by atoms with Gasteiger partial charge in [-0.1, -0.05) is 0 Å². The molecule has 0 atom stereocenters. The third kappa shape index (κ3) is 3.13. The molecule has 1 rings (SSSR count). The molecule has 1 amide bonds. The fourth-order valence-corrected chi connectivity index (χ4v) is 1.42. The number of ether oxygens (including phenoxy) is 3. The van der Waals surface area contributed by atoms with Crippen molar-refractivity contribution in [3.8, 4) is 17.2 Å². The van der Waals surface area contributed by atoms with Gasteiger partial charge < -0.3 is 14.2 Å². The second-order valence-corrected chi connectivity index (χ2v) is 3.35. The highest BCUT2D eigenvalue weighted by Gasteiger charge is 2.14. The lowest BCUT2D eigenvalue weighted by Gasteiger charge is -2.13. The summed E-state index contributed by atoms with van der Waals surface area (Å²) in [4.78, 5) is 10.7. The molecule has 0 unspecified atom stereocenters. The molecule has 0 heterocycles. The fourth-order valence-electron chi connectivity index (χ4n) is 1.42. The molecule has 0 spiro atoms. The summed E-state index contributed by atoms with van der Waals surface area (Å²) in [6.45, 7) is 1.38. The minimum Gasteiger partial charge on any atom is -0.493 e. The molecule has 0 saturated carbocycles. The summed E-state index contributed by atoms with van der Waals surface area (Å²) in [6.07, 6.45) is 1.47. The molecule has 98 valence electrons. The Hall–Kier alpha value is -2.24. The largest absolute Gasteiger partial charge is 0.493 e. The minimum atomic E-state index is -0.245. The summed E-state index contributed by atoms with van der Waals surface area (Å²) in [6, 6.07) is 3.49. The van der Waals surface area contributed by atoms with Crippen molar-refractivity contribution in [1.82, 2.24) is 5.43 Å². The van der Waals surface area contributed by atoms with E-state index >= 15 is 0 Å². The van der Waals surface area contributed by atoms with Crippen LogP contribution < -0.4 is 19.6 Å². The van der Waals surface area contributed by atoms with Crippen LogP contribution in [0.25, 0.3) is 0 Å². The van der Waals surface area contributed by atoms with Crippen LogP contribution >= 0.6 is 0 Å². The van der Waals surface area contributed by atoms with E-state index < -0.39 is 0 Å². The van der Waals surface area contributed by atoms with Crippen molar-refractivity contribution in [2.75, 3.05) is 21.3 Å². The lowest BCUT2D eigenvalue weighted by molar-refractivity contribution is -0.118. The second kappa shape index (κ2) is 6.48. The van der Waals surface area contributed by atoms with Gasteiger partial charge in [-0.25, -0.2) is 5.43 Å². The lowest BCUT2D eigenvalue weighted by Crippen LogP contribution is -2.12. The van der Waals surface area contributed by atoms with Crippen LogP contribution in [0.3, 0.4) is 0 Å². The summed E-state index contributed by atoms with van der Waals surface area (Å²) >= 11 is 0.